The maximum absolute atomic E-state index is 11.7. The van der Waals surface area contributed by atoms with Gasteiger partial charge in [0.15, 0.2) is 5.13 Å². The number of fused-ring (bicyclic) bond motifs is 1. The van der Waals surface area contributed by atoms with Gasteiger partial charge < -0.3 is 10.1 Å². The van der Waals surface area contributed by atoms with Gasteiger partial charge in [-0.3, -0.25) is 4.79 Å². The van der Waals surface area contributed by atoms with Crippen molar-refractivity contribution in [2.24, 2.45) is 0 Å². The SMILES string of the molecule is CCC(Br)C(=O)Nc1nc2ccc(OC)cc2s1. The van der Waals surface area contributed by atoms with Gasteiger partial charge in [0.05, 0.1) is 22.2 Å². The van der Waals surface area contributed by atoms with Crippen molar-refractivity contribution in [2.45, 2.75) is 18.2 Å². The van der Waals surface area contributed by atoms with Crippen molar-refractivity contribution in [3.05, 3.63) is 18.2 Å². The van der Waals surface area contributed by atoms with E-state index in [-0.39, 0.29) is 10.7 Å². The fourth-order valence-electron chi connectivity index (χ4n) is 1.45. The fraction of sp³-hybridized carbons (Fsp3) is 0.333. The van der Waals surface area contributed by atoms with Crippen LogP contribution < -0.4 is 10.1 Å². The Labute approximate surface area is 117 Å². The summed E-state index contributed by atoms with van der Waals surface area (Å²) in [5.74, 6) is 0.722. The molecule has 1 unspecified atom stereocenters. The van der Waals surface area contributed by atoms with Crippen molar-refractivity contribution in [3.8, 4) is 5.75 Å². The minimum absolute atomic E-state index is 0.0662. The molecule has 0 fully saturated rings. The van der Waals surface area contributed by atoms with E-state index in [0.717, 1.165) is 22.4 Å². The van der Waals surface area contributed by atoms with E-state index >= 15 is 0 Å². The summed E-state index contributed by atoms with van der Waals surface area (Å²) in [5.41, 5.74) is 0.860. The van der Waals surface area contributed by atoms with Gasteiger partial charge in [0, 0.05) is 0 Å². The zero-order valence-corrected chi connectivity index (χ0v) is 12.5. The Morgan fingerprint density at radius 1 is 1.61 bits per heavy atom. The molecule has 1 heterocycles. The maximum atomic E-state index is 11.7. The Morgan fingerprint density at radius 2 is 2.39 bits per heavy atom. The highest BCUT2D eigenvalue weighted by Crippen LogP contribution is 2.29. The van der Waals surface area contributed by atoms with E-state index in [4.69, 9.17) is 4.74 Å². The molecular weight excluding hydrogens is 316 g/mol. The number of carbonyl (C=O) groups excluding carboxylic acids is 1. The standard InChI is InChI=1S/C12H13BrN2O2S/c1-3-8(13)11(16)15-12-14-9-5-4-7(17-2)6-10(9)18-12/h4-6,8H,3H2,1-2H3,(H,14,15,16). The number of nitrogens with one attached hydrogen (secondary N) is 1. The molecule has 0 aliphatic rings. The van der Waals surface area contributed by atoms with E-state index in [1.807, 2.05) is 25.1 Å². The second-order valence-electron chi connectivity index (χ2n) is 3.72. The Morgan fingerprint density at radius 3 is 3.06 bits per heavy atom. The molecule has 1 aromatic heterocycles. The van der Waals surface area contributed by atoms with Gasteiger partial charge in [-0.1, -0.05) is 34.2 Å². The maximum Gasteiger partial charge on any atom is 0.239 e. The fourth-order valence-corrected chi connectivity index (χ4v) is 2.47. The average molecular weight is 329 g/mol. The lowest BCUT2D eigenvalue weighted by molar-refractivity contribution is -0.115. The molecule has 0 spiro atoms. The molecule has 0 saturated carbocycles. The highest BCUT2D eigenvalue weighted by Gasteiger charge is 2.14. The number of rotatable bonds is 4. The minimum atomic E-state index is -0.181. The predicted molar refractivity (Wildman–Crippen MR) is 77.8 cm³/mol. The monoisotopic (exact) mass is 328 g/mol. The molecule has 2 rings (SSSR count). The van der Waals surface area contributed by atoms with Gasteiger partial charge in [0.2, 0.25) is 5.91 Å². The number of amides is 1. The number of methoxy groups -OCH3 is 1. The third-order valence-corrected chi connectivity index (χ3v) is 4.47. The van der Waals surface area contributed by atoms with Gasteiger partial charge >= 0.3 is 0 Å². The third-order valence-electron chi connectivity index (χ3n) is 2.47. The van der Waals surface area contributed by atoms with Crippen molar-refractivity contribution < 1.29 is 9.53 Å². The average Bonchev–Trinajstić information content (AvgIpc) is 2.78. The minimum Gasteiger partial charge on any atom is -0.497 e. The number of benzene rings is 1. The molecule has 0 aliphatic carbocycles. The van der Waals surface area contributed by atoms with Crippen molar-refractivity contribution in [1.29, 1.82) is 0 Å². The van der Waals surface area contributed by atoms with E-state index in [1.54, 1.807) is 7.11 Å². The van der Waals surface area contributed by atoms with Crippen LogP contribution >= 0.6 is 27.3 Å². The van der Waals surface area contributed by atoms with E-state index in [0.29, 0.717) is 5.13 Å². The van der Waals surface area contributed by atoms with Crippen molar-refractivity contribution in [3.63, 3.8) is 0 Å². The highest BCUT2D eigenvalue weighted by molar-refractivity contribution is 9.10. The number of halogens is 1. The highest BCUT2D eigenvalue weighted by atomic mass is 79.9. The zero-order chi connectivity index (χ0) is 13.1. The summed E-state index contributed by atoms with van der Waals surface area (Å²) in [6.45, 7) is 1.95. The number of anilines is 1. The van der Waals surface area contributed by atoms with Crippen LogP contribution in [0.1, 0.15) is 13.3 Å². The van der Waals surface area contributed by atoms with Crippen LogP contribution in [-0.4, -0.2) is 22.8 Å². The largest absolute Gasteiger partial charge is 0.497 e. The van der Waals surface area contributed by atoms with Crippen LogP contribution in [0.5, 0.6) is 5.75 Å². The molecule has 2 aromatic rings. The first-order chi connectivity index (χ1) is 8.63. The summed E-state index contributed by atoms with van der Waals surface area (Å²) in [7, 11) is 1.63. The second-order valence-corrected chi connectivity index (χ2v) is 5.85. The number of alkyl halides is 1. The van der Waals surface area contributed by atoms with Crippen LogP contribution in [0.2, 0.25) is 0 Å². The van der Waals surface area contributed by atoms with Crippen LogP contribution in [0.4, 0.5) is 5.13 Å². The molecule has 4 nitrogen and oxygen atoms in total. The lowest BCUT2D eigenvalue weighted by atomic mass is 10.3. The number of ether oxygens (including phenoxy) is 1. The van der Waals surface area contributed by atoms with Crippen LogP contribution in [0.15, 0.2) is 18.2 Å². The molecule has 96 valence electrons. The van der Waals surface area contributed by atoms with E-state index in [9.17, 15) is 4.79 Å². The first-order valence-electron chi connectivity index (χ1n) is 5.53. The smallest absolute Gasteiger partial charge is 0.239 e. The van der Waals surface area contributed by atoms with E-state index in [1.165, 1.54) is 11.3 Å². The van der Waals surface area contributed by atoms with Gasteiger partial charge in [-0.15, -0.1) is 0 Å². The Hall–Kier alpha value is -1.14. The van der Waals surface area contributed by atoms with Crippen LogP contribution in [0.25, 0.3) is 10.2 Å². The van der Waals surface area contributed by atoms with Gasteiger partial charge in [0.25, 0.3) is 0 Å². The van der Waals surface area contributed by atoms with Crippen molar-refractivity contribution in [2.75, 3.05) is 12.4 Å². The van der Waals surface area contributed by atoms with Gasteiger partial charge in [-0.05, 0) is 24.6 Å². The summed E-state index contributed by atoms with van der Waals surface area (Å²) >= 11 is 4.75. The summed E-state index contributed by atoms with van der Waals surface area (Å²) < 4.78 is 6.15. The Kier molecular flexibility index (Phi) is 4.19. The summed E-state index contributed by atoms with van der Waals surface area (Å²) in [6.07, 6.45) is 0.741. The molecule has 1 aromatic carbocycles. The summed E-state index contributed by atoms with van der Waals surface area (Å²) in [6, 6.07) is 5.65. The van der Waals surface area contributed by atoms with Crippen LogP contribution in [0.3, 0.4) is 0 Å². The number of nitrogens with zero attached hydrogens (tertiary/aromatic N) is 1. The van der Waals surface area contributed by atoms with Crippen molar-refractivity contribution in [1.82, 2.24) is 4.98 Å². The molecule has 18 heavy (non-hydrogen) atoms. The molecule has 0 radical (unpaired) electrons. The quantitative estimate of drug-likeness (QED) is 0.875. The molecule has 0 saturated heterocycles. The Bertz CT molecular complexity index is 570. The number of thiazole rings is 1. The first kappa shape index (κ1) is 13.3. The van der Waals surface area contributed by atoms with Gasteiger partial charge in [-0.25, -0.2) is 4.98 Å². The normalized spacial score (nSPS) is 12.4. The molecular formula is C12H13BrN2O2S. The zero-order valence-electron chi connectivity index (χ0n) is 10.1. The summed E-state index contributed by atoms with van der Waals surface area (Å²) in [5, 5.41) is 3.41. The lowest BCUT2D eigenvalue weighted by Gasteiger charge is -2.04. The number of carbonyl (C=O) groups is 1. The second kappa shape index (κ2) is 5.67. The number of aromatic nitrogens is 1. The van der Waals surface area contributed by atoms with Crippen LogP contribution in [0, 0.1) is 0 Å². The van der Waals surface area contributed by atoms with Crippen molar-refractivity contribution >= 4 is 48.5 Å². The number of hydrogen-bond donors (Lipinski definition) is 1. The lowest BCUT2D eigenvalue weighted by Crippen LogP contribution is -2.21. The molecule has 1 N–H and O–H groups in total. The summed E-state index contributed by atoms with van der Waals surface area (Å²) in [4.78, 5) is 15.9. The van der Waals surface area contributed by atoms with Gasteiger partial charge in [0.1, 0.15) is 5.75 Å². The van der Waals surface area contributed by atoms with E-state index < -0.39 is 0 Å². The molecule has 6 heteroatoms. The molecule has 0 bridgehead atoms. The topological polar surface area (TPSA) is 51.2 Å². The Balaban J connectivity index is 2.22. The predicted octanol–water partition coefficient (Wildman–Crippen LogP) is 3.42. The number of hydrogen-bond acceptors (Lipinski definition) is 4. The van der Waals surface area contributed by atoms with E-state index in [2.05, 4.69) is 26.2 Å². The third kappa shape index (κ3) is 2.81. The molecule has 1 atom stereocenters. The molecule has 0 aliphatic heterocycles. The van der Waals surface area contributed by atoms with Gasteiger partial charge in [-0.2, -0.15) is 0 Å². The van der Waals surface area contributed by atoms with Crippen LogP contribution in [-0.2, 0) is 4.79 Å². The first-order valence-corrected chi connectivity index (χ1v) is 7.26. The molecule has 1 amide bonds.